The van der Waals surface area contributed by atoms with E-state index in [0.29, 0.717) is 24.8 Å². The lowest BCUT2D eigenvalue weighted by Gasteiger charge is -2.58. The van der Waals surface area contributed by atoms with E-state index in [1.165, 1.54) is 0 Å². The van der Waals surface area contributed by atoms with Crippen LogP contribution in [0.2, 0.25) is 0 Å². The van der Waals surface area contributed by atoms with Crippen molar-refractivity contribution < 1.29 is 14.3 Å². The standard InChI is InChI=1S/C21H26N6O3/c22-10-15-1-2-17(26-25-15)24-16-3-4-27(11-16)20(29)30-18-13-5-12-6-14(18)9-21(7-12,8-13)19(23)28/h1-2,12-14,16,18H,3-9,11H2,(H2,23,28)(H,24,26). The molecule has 1 aliphatic heterocycles. The van der Waals surface area contributed by atoms with Gasteiger partial charge in [-0.15, -0.1) is 10.2 Å². The van der Waals surface area contributed by atoms with Crippen LogP contribution in [0.25, 0.3) is 0 Å². The van der Waals surface area contributed by atoms with Crippen molar-refractivity contribution in [2.24, 2.45) is 28.9 Å². The van der Waals surface area contributed by atoms with Gasteiger partial charge in [-0.2, -0.15) is 5.26 Å². The highest BCUT2D eigenvalue weighted by molar-refractivity contribution is 5.81. The molecular formula is C21H26N6O3. The molecule has 158 valence electrons. The Morgan fingerprint density at radius 3 is 2.63 bits per heavy atom. The molecule has 6 rings (SSSR count). The maximum atomic E-state index is 12.9. The first kappa shape index (κ1) is 19.1. The first-order valence-corrected chi connectivity index (χ1v) is 10.7. The molecule has 1 aromatic rings. The van der Waals surface area contributed by atoms with E-state index in [1.54, 1.807) is 17.0 Å². The average molecular weight is 410 g/mol. The molecule has 0 spiro atoms. The van der Waals surface area contributed by atoms with E-state index in [4.69, 9.17) is 15.7 Å². The zero-order valence-corrected chi connectivity index (χ0v) is 16.8. The summed E-state index contributed by atoms with van der Waals surface area (Å²) in [6, 6.07) is 5.34. The zero-order valence-electron chi connectivity index (χ0n) is 16.8. The van der Waals surface area contributed by atoms with Gasteiger partial charge in [0.25, 0.3) is 0 Å². The minimum absolute atomic E-state index is 0.0661. The van der Waals surface area contributed by atoms with Crippen LogP contribution in [0.4, 0.5) is 10.6 Å². The van der Waals surface area contributed by atoms with Gasteiger partial charge in [0.2, 0.25) is 5.91 Å². The normalized spacial score (nSPS) is 36.4. The number of ether oxygens (including phenoxy) is 1. The fraction of sp³-hybridized carbons (Fsp3) is 0.667. The average Bonchev–Trinajstić information content (AvgIpc) is 3.19. The molecule has 5 fully saturated rings. The Morgan fingerprint density at radius 1 is 1.23 bits per heavy atom. The maximum Gasteiger partial charge on any atom is 0.410 e. The largest absolute Gasteiger partial charge is 0.446 e. The lowest BCUT2D eigenvalue weighted by molar-refractivity contribution is -0.161. The second-order valence-corrected chi connectivity index (χ2v) is 9.45. The molecule has 3 N–H and O–H groups in total. The number of primary amides is 1. The molecule has 30 heavy (non-hydrogen) atoms. The van der Waals surface area contributed by atoms with E-state index >= 15 is 0 Å². The molecule has 4 aliphatic carbocycles. The summed E-state index contributed by atoms with van der Waals surface area (Å²) in [6.45, 7) is 1.16. The van der Waals surface area contributed by atoms with Gasteiger partial charge < -0.3 is 20.7 Å². The zero-order chi connectivity index (χ0) is 20.9. The van der Waals surface area contributed by atoms with Crippen molar-refractivity contribution in [2.75, 3.05) is 18.4 Å². The SMILES string of the molecule is N#Cc1ccc(NC2CCN(C(=O)OC3C4CC5CC3CC(C(N)=O)(C5)C4)C2)nn1. The summed E-state index contributed by atoms with van der Waals surface area (Å²) in [7, 11) is 0. The molecule has 3 atom stereocenters. The number of carbonyl (C=O) groups is 2. The molecule has 0 aromatic carbocycles. The number of hydrogen-bond donors (Lipinski definition) is 2. The van der Waals surface area contributed by atoms with Gasteiger partial charge in [-0.25, -0.2) is 4.79 Å². The lowest BCUT2D eigenvalue weighted by Crippen LogP contribution is -2.59. The number of anilines is 1. The summed E-state index contributed by atoms with van der Waals surface area (Å²) in [5.41, 5.74) is 5.64. The maximum absolute atomic E-state index is 12.9. The van der Waals surface area contributed by atoms with E-state index in [9.17, 15) is 9.59 Å². The molecule has 1 aromatic heterocycles. The Bertz CT molecular complexity index is 881. The molecule has 2 heterocycles. The first-order chi connectivity index (χ1) is 14.5. The highest BCUT2D eigenvalue weighted by atomic mass is 16.6. The smallest absolute Gasteiger partial charge is 0.410 e. The summed E-state index contributed by atoms with van der Waals surface area (Å²) in [4.78, 5) is 26.7. The Labute approximate surface area is 174 Å². The Morgan fingerprint density at radius 2 is 2.00 bits per heavy atom. The van der Waals surface area contributed by atoms with Gasteiger partial charge in [0.05, 0.1) is 5.41 Å². The van der Waals surface area contributed by atoms with Gasteiger partial charge in [-0.1, -0.05) is 0 Å². The van der Waals surface area contributed by atoms with E-state index in [2.05, 4.69) is 15.5 Å². The van der Waals surface area contributed by atoms with Gasteiger partial charge in [0.1, 0.15) is 18.0 Å². The lowest BCUT2D eigenvalue weighted by atomic mass is 9.48. The molecule has 9 nitrogen and oxygen atoms in total. The number of nitriles is 1. The van der Waals surface area contributed by atoms with Gasteiger partial charge in [-0.05, 0) is 68.4 Å². The van der Waals surface area contributed by atoms with Crippen LogP contribution >= 0.6 is 0 Å². The molecule has 2 amide bonds. The number of likely N-dealkylation sites (tertiary alicyclic amines) is 1. The number of nitrogens with zero attached hydrogens (tertiary/aromatic N) is 4. The predicted octanol–water partition coefficient (Wildman–Crippen LogP) is 1.65. The van der Waals surface area contributed by atoms with Crippen LogP contribution < -0.4 is 11.1 Å². The van der Waals surface area contributed by atoms with Crippen LogP contribution in [0, 0.1) is 34.5 Å². The number of nitrogens with one attached hydrogen (secondary N) is 1. The number of nitrogens with two attached hydrogens (primary N) is 1. The number of rotatable bonds is 4. The summed E-state index contributed by atoms with van der Waals surface area (Å²) in [5.74, 6) is 1.45. The fourth-order valence-electron chi connectivity index (χ4n) is 6.38. The van der Waals surface area contributed by atoms with Crippen LogP contribution in [-0.2, 0) is 9.53 Å². The van der Waals surface area contributed by atoms with Gasteiger partial charge >= 0.3 is 6.09 Å². The third-order valence-corrected chi connectivity index (χ3v) is 7.52. The van der Waals surface area contributed by atoms with Crippen molar-refractivity contribution in [3.8, 4) is 6.07 Å². The van der Waals surface area contributed by atoms with E-state index in [1.807, 2.05) is 6.07 Å². The first-order valence-electron chi connectivity index (χ1n) is 10.7. The quantitative estimate of drug-likeness (QED) is 0.770. The van der Waals surface area contributed by atoms with Gasteiger partial charge in [0, 0.05) is 19.1 Å². The van der Waals surface area contributed by atoms with Gasteiger partial charge in [0.15, 0.2) is 5.69 Å². The van der Waals surface area contributed by atoms with Crippen molar-refractivity contribution in [3.63, 3.8) is 0 Å². The summed E-state index contributed by atoms with van der Waals surface area (Å²) in [5, 5.41) is 19.9. The minimum Gasteiger partial charge on any atom is -0.446 e. The van der Waals surface area contributed by atoms with E-state index < -0.39 is 0 Å². The molecule has 0 radical (unpaired) electrons. The van der Waals surface area contributed by atoms with Crippen molar-refractivity contribution >= 4 is 17.8 Å². The van der Waals surface area contributed by atoms with Crippen LogP contribution in [-0.4, -0.2) is 52.3 Å². The summed E-state index contributed by atoms with van der Waals surface area (Å²) in [6.07, 6.45) is 4.92. The van der Waals surface area contributed by atoms with Crippen molar-refractivity contribution in [3.05, 3.63) is 17.8 Å². The van der Waals surface area contributed by atoms with Crippen LogP contribution in [0.5, 0.6) is 0 Å². The van der Waals surface area contributed by atoms with E-state index in [-0.39, 0.29) is 47.1 Å². The third-order valence-electron chi connectivity index (χ3n) is 7.52. The molecule has 5 aliphatic rings. The Kier molecular flexibility index (Phi) is 4.53. The minimum atomic E-state index is -0.371. The Balaban J connectivity index is 1.18. The van der Waals surface area contributed by atoms with Crippen molar-refractivity contribution in [2.45, 2.75) is 50.7 Å². The third kappa shape index (κ3) is 3.24. The van der Waals surface area contributed by atoms with E-state index in [0.717, 1.165) is 38.5 Å². The second-order valence-electron chi connectivity index (χ2n) is 9.45. The molecule has 4 saturated carbocycles. The summed E-state index contributed by atoms with van der Waals surface area (Å²) < 4.78 is 6.01. The monoisotopic (exact) mass is 410 g/mol. The van der Waals surface area contributed by atoms with Gasteiger partial charge in [-0.3, -0.25) is 4.79 Å². The van der Waals surface area contributed by atoms with Crippen molar-refractivity contribution in [1.29, 1.82) is 5.26 Å². The molecule has 3 unspecified atom stereocenters. The highest BCUT2D eigenvalue weighted by Gasteiger charge is 2.59. The fourth-order valence-corrected chi connectivity index (χ4v) is 6.38. The van der Waals surface area contributed by atoms with Crippen LogP contribution in [0.3, 0.4) is 0 Å². The van der Waals surface area contributed by atoms with Crippen molar-refractivity contribution in [1.82, 2.24) is 15.1 Å². The Hall–Kier alpha value is -2.89. The second kappa shape index (κ2) is 7.11. The van der Waals surface area contributed by atoms with Crippen LogP contribution in [0.1, 0.15) is 44.2 Å². The molecular weight excluding hydrogens is 384 g/mol. The summed E-state index contributed by atoms with van der Waals surface area (Å²) >= 11 is 0. The van der Waals surface area contributed by atoms with Crippen LogP contribution in [0.15, 0.2) is 12.1 Å². The number of carbonyl (C=O) groups excluding carboxylic acids is 2. The molecule has 1 saturated heterocycles. The molecule has 4 bridgehead atoms. The molecule has 9 heteroatoms. The predicted molar refractivity (Wildman–Crippen MR) is 106 cm³/mol. The number of amides is 2. The number of aromatic nitrogens is 2. The number of hydrogen-bond acceptors (Lipinski definition) is 7. The topological polar surface area (TPSA) is 134 Å². The highest BCUT2D eigenvalue weighted by Crippen LogP contribution is 2.60.